The fraction of sp³-hybridized carbons (Fsp3) is 0.222. The first kappa shape index (κ1) is 25.5. The van der Waals surface area contributed by atoms with Gasteiger partial charge in [-0.2, -0.15) is 0 Å². The summed E-state index contributed by atoms with van der Waals surface area (Å²) >= 11 is 0. The van der Waals surface area contributed by atoms with Crippen LogP contribution in [0.5, 0.6) is 0 Å². The Bertz CT molecular complexity index is 1250. The molecule has 0 aliphatic carbocycles. The molecule has 0 heterocycles. The van der Waals surface area contributed by atoms with Crippen molar-refractivity contribution in [1.82, 2.24) is 0 Å². The molecule has 0 aliphatic heterocycles. The molecule has 0 spiro atoms. The van der Waals surface area contributed by atoms with Gasteiger partial charge in [0.05, 0.1) is 0 Å². The Labute approximate surface area is 218 Å². The van der Waals surface area contributed by atoms with Crippen molar-refractivity contribution < 1.29 is 0 Å². The molecule has 1 atom stereocenters. The van der Waals surface area contributed by atoms with Crippen LogP contribution in [0, 0.1) is 0 Å². The largest absolute Gasteiger partial charge is 0.0654 e. The normalized spacial score (nSPS) is 12.4. The van der Waals surface area contributed by atoms with Crippen molar-refractivity contribution in [1.29, 1.82) is 0 Å². The van der Waals surface area contributed by atoms with E-state index < -0.39 is 0 Å². The van der Waals surface area contributed by atoms with Crippen molar-refractivity contribution in [2.24, 2.45) is 0 Å². The maximum atomic E-state index is 2.28. The molecular weight excluding hydrogens is 432 g/mol. The van der Waals surface area contributed by atoms with E-state index in [0.29, 0.717) is 5.92 Å². The molecule has 0 fully saturated rings. The summed E-state index contributed by atoms with van der Waals surface area (Å²) in [7, 11) is 0. The summed E-state index contributed by atoms with van der Waals surface area (Å²) < 4.78 is 0. The molecule has 0 radical (unpaired) electrons. The molecule has 36 heavy (non-hydrogen) atoms. The molecule has 0 saturated heterocycles. The van der Waals surface area contributed by atoms with Gasteiger partial charge in [0.15, 0.2) is 0 Å². The molecule has 0 saturated carbocycles. The first-order chi connectivity index (χ1) is 17.6. The standard InChI is InChI=1S/C36H38/c1-4-6-7-29-8-10-30(11-9-29)12-13-32-18-24-35(25-19-32)36-26-20-33(21-27-36)15-14-31-16-22-34(23-17-31)28(3)5-2/h8-28H,4-7H2,1-3H3. The van der Waals surface area contributed by atoms with Gasteiger partial charge < -0.3 is 0 Å². The average molecular weight is 471 g/mol. The van der Waals surface area contributed by atoms with Gasteiger partial charge in [-0.15, -0.1) is 0 Å². The smallest absolute Gasteiger partial charge is 0.0184 e. The van der Waals surface area contributed by atoms with Crippen LogP contribution >= 0.6 is 0 Å². The lowest BCUT2D eigenvalue weighted by Crippen LogP contribution is -1.90. The number of benzene rings is 4. The van der Waals surface area contributed by atoms with Crippen LogP contribution in [0.15, 0.2) is 97.1 Å². The molecule has 0 amide bonds. The number of rotatable bonds is 10. The summed E-state index contributed by atoms with van der Waals surface area (Å²) in [6, 6.07) is 35.5. The van der Waals surface area contributed by atoms with Crippen molar-refractivity contribution in [3.8, 4) is 11.1 Å². The van der Waals surface area contributed by atoms with Crippen LogP contribution in [0.3, 0.4) is 0 Å². The maximum Gasteiger partial charge on any atom is -0.0184 e. The highest BCUT2D eigenvalue weighted by molar-refractivity contribution is 5.74. The van der Waals surface area contributed by atoms with Crippen LogP contribution < -0.4 is 0 Å². The molecule has 0 bridgehead atoms. The van der Waals surface area contributed by atoms with E-state index in [0.717, 1.165) is 0 Å². The van der Waals surface area contributed by atoms with E-state index in [9.17, 15) is 0 Å². The fourth-order valence-corrected chi connectivity index (χ4v) is 4.31. The maximum absolute atomic E-state index is 2.28. The molecule has 182 valence electrons. The quantitative estimate of drug-likeness (QED) is 0.202. The Kier molecular flexibility index (Phi) is 9.11. The number of hydrogen-bond donors (Lipinski definition) is 0. The Hall–Kier alpha value is -3.64. The fourth-order valence-electron chi connectivity index (χ4n) is 4.31. The molecule has 4 aromatic carbocycles. The highest BCUT2D eigenvalue weighted by atomic mass is 14.1. The van der Waals surface area contributed by atoms with E-state index in [1.807, 2.05) is 0 Å². The van der Waals surface area contributed by atoms with Crippen molar-refractivity contribution >= 4 is 24.3 Å². The topological polar surface area (TPSA) is 0 Å². The van der Waals surface area contributed by atoms with E-state index in [1.165, 1.54) is 70.2 Å². The zero-order valence-corrected chi connectivity index (χ0v) is 22.0. The van der Waals surface area contributed by atoms with Crippen LogP contribution in [0.2, 0.25) is 0 Å². The zero-order chi connectivity index (χ0) is 25.2. The lowest BCUT2D eigenvalue weighted by Gasteiger charge is -2.08. The second kappa shape index (κ2) is 12.9. The first-order valence-corrected chi connectivity index (χ1v) is 13.4. The van der Waals surface area contributed by atoms with Gasteiger partial charge >= 0.3 is 0 Å². The predicted octanol–water partition coefficient (Wildman–Crippen LogP) is 10.6. The molecule has 0 N–H and O–H groups in total. The summed E-state index contributed by atoms with van der Waals surface area (Å²) in [4.78, 5) is 0. The lowest BCUT2D eigenvalue weighted by atomic mass is 9.97. The van der Waals surface area contributed by atoms with Gasteiger partial charge in [-0.25, -0.2) is 0 Å². The van der Waals surface area contributed by atoms with Gasteiger partial charge in [-0.3, -0.25) is 0 Å². The van der Waals surface area contributed by atoms with Crippen LogP contribution in [-0.2, 0) is 6.42 Å². The predicted molar refractivity (Wildman–Crippen MR) is 160 cm³/mol. The lowest BCUT2D eigenvalue weighted by molar-refractivity contribution is 0.733. The van der Waals surface area contributed by atoms with Gasteiger partial charge in [-0.05, 0) is 69.7 Å². The van der Waals surface area contributed by atoms with Gasteiger partial charge in [0.25, 0.3) is 0 Å². The highest BCUT2D eigenvalue weighted by Crippen LogP contribution is 2.23. The third-order valence-electron chi connectivity index (χ3n) is 7.01. The van der Waals surface area contributed by atoms with E-state index in [2.05, 4.69) is 142 Å². The second-order valence-corrected chi connectivity index (χ2v) is 9.73. The van der Waals surface area contributed by atoms with Gasteiger partial charge in [0.2, 0.25) is 0 Å². The Morgan fingerprint density at radius 1 is 0.528 bits per heavy atom. The molecule has 0 nitrogen and oxygen atoms in total. The molecule has 0 heteroatoms. The molecule has 0 aromatic heterocycles. The molecule has 4 rings (SSSR count). The first-order valence-electron chi connectivity index (χ1n) is 13.4. The highest BCUT2D eigenvalue weighted by Gasteiger charge is 2.02. The Balaban J connectivity index is 1.35. The summed E-state index contributed by atoms with van der Waals surface area (Å²) in [6.45, 7) is 6.76. The van der Waals surface area contributed by atoms with Crippen molar-refractivity contribution in [3.05, 3.63) is 130 Å². The van der Waals surface area contributed by atoms with Gasteiger partial charge in [0, 0.05) is 0 Å². The minimum atomic E-state index is 0.619. The summed E-state index contributed by atoms with van der Waals surface area (Å²) in [5.74, 6) is 0.619. The van der Waals surface area contributed by atoms with Crippen molar-refractivity contribution in [3.63, 3.8) is 0 Å². The SMILES string of the molecule is CCCCc1ccc(C=Cc2ccc(-c3ccc(C=Cc4ccc(C(C)CC)cc4)cc3)cc2)cc1. The van der Waals surface area contributed by atoms with Crippen molar-refractivity contribution in [2.75, 3.05) is 0 Å². The molecular formula is C36H38. The zero-order valence-electron chi connectivity index (χ0n) is 22.0. The number of aryl methyl sites for hydroxylation is 1. The Morgan fingerprint density at radius 3 is 1.31 bits per heavy atom. The monoisotopic (exact) mass is 470 g/mol. The number of unbranched alkanes of at least 4 members (excludes halogenated alkanes) is 1. The number of hydrogen-bond acceptors (Lipinski definition) is 0. The van der Waals surface area contributed by atoms with E-state index in [4.69, 9.17) is 0 Å². The minimum absolute atomic E-state index is 0.619. The van der Waals surface area contributed by atoms with Gasteiger partial charge in [0.1, 0.15) is 0 Å². The summed E-state index contributed by atoms with van der Waals surface area (Å²) in [6.07, 6.45) is 13.6. The summed E-state index contributed by atoms with van der Waals surface area (Å²) in [5.41, 5.74) is 10.2. The van der Waals surface area contributed by atoms with E-state index in [1.54, 1.807) is 0 Å². The van der Waals surface area contributed by atoms with Crippen LogP contribution in [-0.4, -0.2) is 0 Å². The second-order valence-electron chi connectivity index (χ2n) is 9.73. The summed E-state index contributed by atoms with van der Waals surface area (Å²) in [5, 5.41) is 0. The van der Waals surface area contributed by atoms with Gasteiger partial charge in [-0.1, -0.05) is 149 Å². The molecule has 4 aromatic rings. The minimum Gasteiger partial charge on any atom is -0.0654 e. The molecule has 1 unspecified atom stereocenters. The van der Waals surface area contributed by atoms with E-state index >= 15 is 0 Å². The average Bonchev–Trinajstić information content (AvgIpc) is 2.95. The van der Waals surface area contributed by atoms with Crippen molar-refractivity contribution in [2.45, 2.75) is 52.4 Å². The third kappa shape index (κ3) is 7.18. The third-order valence-corrected chi connectivity index (χ3v) is 7.01. The van der Waals surface area contributed by atoms with Crippen LogP contribution in [0.1, 0.15) is 79.3 Å². The van der Waals surface area contributed by atoms with E-state index in [-0.39, 0.29) is 0 Å². The Morgan fingerprint density at radius 2 is 0.917 bits per heavy atom. The van der Waals surface area contributed by atoms with Crippen LogP contribution in [0.25, 0.3) is 35.4 Å². The molecule has 0 aliphatic rings. The van der Waals surface area contributed by atoms with Crippen LogP contribution in [0.4, 0.5) is 0 Å².